The molecule has 2 aromatic heterocycles. The molecule has 0 unspecified atom stereocenters. The lowest BCUT2D eigenvalue weighted by atomic mass is 10.2. The van der Waals surface area contributed by atoms with Crippen molar-refractivity contribution >= 4 is 22.4 Å². The minimum atomic E-state index is -0.274. The van der Waals surface area contributed by atoms with Gasteiger partial charge in [0.15, 0.2) is 5.82 Å². The Morgan fingerprint density at radius 3 is 2.65 bits per heavy atom. The van der Waals surface area contributed by atoms with Crippen molar-refractivity contribution in [2.45, 2.75) is 0 Å². The van der Waals surface area contributed by atoms with E-state index in [1.165, 1.54) is 12.1 Å². The van der Waals surface area contributed by atoms with E-state index in [1.54, 1.807) is 31.6 Å². The van der Waals surface area contributed by atoms with Crippen LogP contribution in [-0.2, 0) is 0 Å². The Hall–Kier alpha value is -2.69. The molecule has 0 saturated heterocycles. The molecular weight excluding hydrogens is 257 g/mol. The zero-order valence-corrected chi connectivity index (χ0v) is 10.8. The fourth-order valence-corrected chi connectivity index (χ4v) is 1.91. The maximum absolute atomic E-state index is 12.9. The predicted octanol–water partition coefficient (Wildman–Crippen LogP) is 3.52. The molecule has 0 bridgehead atoms. The number of nitrogens with zero attached hydrogens (tertiary/aromatic N) is 2. The maximum Gasteiger partial charge on any atom is 0.156 e. The largest absolute Gasteiger partial charge is 0.495 e. The van der Waals surface area contributed by atoms with Crippen molar-refractivity contribution in [3.05, 3.63) is 54.6 Å². The van der Waals surface area contributed by atoms with Gasteiger partial charge in [-0.15, -0.1) is 0 Å². The lowest BCUT2D eigenvalue weighted by molar-refractivity contribution is 0.414. The van der Waals surface area contributed by atoms with Gasteiger partial charge in [-0.05, 0) is 36.4 Å². The summed E-state index contributed by atoms with van der Waals surface area (Å²) in [5.41, 5.74) is 1.49. The van der Waals surface area contributed by atoms with Crippen molar-refractivity contribution in [3.8, 4) is 5.75 Å². The summed E-state index contributed by atoms with van der Waals surface area (Å²) >= 11 is 0. The number of fused-ring (bicyclic) bond motifs is 1. The van der Waals surface area contributed by atoms with E-state index in [9.17, 15) is 4.39 Å². The first-order valence-electron chi connectivity index (χ1n) is 6.07. The summed E-state index contributed by atoms with van der Waals surface area (Å²) in [6.45, 7) is 0. The molecule has 4 nitrogen and oxygen atoms in total. The van der Waals surface area contributed by atoms with Crippen LogP contribution in [0.15, 0.2) is 48.8 Å². The molecule has 0 atom stereocenters. The third-order valence-corrected chi connectivity index (χ3v) is 2.92. The molecule has 20 heavy (non-hydrogen) atoms. The molecule has 0 saturated carbocycles. The van der Waals surface area contributed by atoms with Crippen LogP contribution in [-0.4, -0.2) is 17.1 Å². The monoisotopic (exact) mass is 269 g/mol. The Morgan fingerprint density at radius 1 is 1.10 bits per heavy atom. The zero-order valence-electron chi connectivity index (χ0n) is 10.8. The van der Waals surface area contributed by atoms with E-state index in [2.05, 4.69) is 15.3 Å². The lowest BCUT2D eigenvalue weighted by Gasteiger charge is -2.08. The molecule has 0 aliphatic heterocycles. The first-order valence-corrected chi connectivity index (χ1v) is 6.07. The molecule has 1 N–H and O–H groups in total. The van der Waals surface area contributed by atoms with Crippen LogP contribution < -0.4 is 10.1 Å². The summed E-state index contributed by atoms with van der Waals surface area (Å²) in [6, 6.07) is 9.84. The van der Waals surface area contributed by atoms with Gasteiger partial charge in [0.2, 0.25) is 0 Å². The van der Waals surface area contributed by atoms with Crippen LogP contribution in [0.1, 0.15) is 0 Å². The van der Waals surface area contributed by atoms with E-state index < -0.39 is 0 Å². The predicted molar refractivity (Wildman–Crippen MR) is 75.8 cm³/mol. The number of hydrogen-bond donors (Lipinski definition) is 1. The molecule has 3 rings (SSSR count). The van der Waals surface area contributed by atoms with Gasteiger partial charge < -0.3 is 10.1 Å². The first-order chi connectivity index (χ1) is 9.76. The lowest BCUT2D eigenvalue weighted by Crippen LogP contribution is -1.96. The van der Waals surface area contributed by atoms with Gasteiger partial charge in [-0.25, -0.2) is 14.4 Å². The molecule has 0 radical (unpaired) electrons. The molecule has 1 aromatic carbocycles. The van der Waals surface area contributed by atoms with Crippen LogP contribution in [0.25, 0.3) is 10.9 Å². The van der Waals surface area contributed by atoms with E-state index in [-0.39, 0.29) is 5.82 Å². The Morgan fingerprint density at radius 2 is 1.90 bits per heavy atom. The molecule has 0 spiro atoms. The molecule has 2 heterocycles. The molecule has 0 aliphatic rings. The average Bonchev–Trinajstić information content (AvgIpc) is 2.49. The molecule has 100 valence electrons. The molecule has 3 aromatic rings. The SMILES string of the molecule is COc1cnc2c(Nc3ccc(F)cc3)nccc2c1. The summed E-state index contributed by atoms with van der Waals surface area (Å²) in [4.78, 5) is 8.61. The van der Waals surface area contributed by atoms with Gasteiger partial charge in [0.25, 0.3) is 0 Å². The van der Waals surface area contributed by atoms with Gasteiger partial charge in [0.05, 0.1) is 13.3 Å². The van der Waals surface area contributed by atoms with Crippen molar-refractivity contribution in [1.29, 1.82) is 0 Å². The number of rotatable bonds is 3. The number of hydrogen-bond acceptors (Lipinski definition) is 4. The first kappa shape index (κ1) is 12.3. The van der Waals surface area contributed by atoms with Crippen LogP contribution >= 0.6 is 0 Å². The third-order valence-electron chi connectivity index (χ3n) is 2.92. The number of nitrogens with one attached hydrogen (secondary N) is 1. The second-order valence-electron chi connectivity index (χ2n) is 4.24. The van der Waals surface area contributed by atoms with Crippen molar-refractivity contribution in [2.75, 3.05) is 12.4 Å². The van der Waals surface area contributed by atoms with Gasteiger partial charge >= 0.3 is 0 Å². The number of halogens is 1. The van der Waals surface area contributed by atoms with E-state index in [0.717, 1.165) is 16.6 Å². The molecule has 5 heteroatoms. The minimum absolute atomic E-state index is 0.274. The fraction of sp³-hybridized carbons (Fsp3) is 0.0667. The second-order valence-corrected chi connectivity index (χ2v) is 4.24. The maximum atomic E-state index is 12.9. The number of aromatic nitrogens is 2. The topological polar surface area (TPSA) is 47.0 Å². The Kier molecular flexibility index (Phi) is 3.16. The average molecular weight is 269 g/mol. The second kappa shape index (κ2) is 5.13. The van der Waals surface area contributed by atoms with Crippen LogP contribution in [0.2, 0.25) is 0 Å². The summed E-state index contributed by atoms with van der Waals surface area (Å²) < 4.78 is 18.0. The fourth-order valence-electron chi connectivity index (χ4n) is 1.91. The molecule has 0 fully saturated rings. The van der Waals surface area contributed by atoms with Gasteiger partial charge in [-0.1, -0.05) is 0 Å². The highest BCUT2D eigenvalue weighted by Gasteiger charge is 2.05. The van der Waals surface area contributed by atoms with E-state index in [0.29, 0.717) is 11.6 Å². The van der Waals surface area contributed by atoms with Crippen molar-refractivity contribution in [3.63, 3.8) is 0 Å². The number of ether oxygens (including phenoxy) is 1. The van der Waals surface area contributed by atoms with Crippen LogP contribution in [0.3, 0.4) is 0 Å². The summed E-state index contributed by atoms with van der Waals surface area (Å²) in [6.07, 6.45) is 3.33. The molecule has 0 aliphatic carbocycles. The molecule has 0 amide bonds. The number of pyridine rings is 2. The number of anilines is 2. The highest BCUT2D eigenvalue weighted by molar-refractivity contribution is 5.90. The van der Waals surface area contributed by atoms with E-state index in [1.807, 2.05) is 12.1 Å². The van der Waals surface area contributed by atoms with Crippen LogP contribution in [0.4, 0.5) is 15.9 Å². The quantitative estimate of drug-likeness (QED) is 0.790. The molecular formula is C15H12FN3O. The highest BCUT2D eigenvalue weighted by Crippen LogP contribution is 2.25. The van der Waals surface area contributed by atoms with Crippen LogP contribution in [0, 0.1) is 5.82 Å². The standard InChI is InChI=1S/C15H12FN3O/c1-20-13-8-10-6-7-17-15(14(10)18-9-13)19-12-4-2-11(16)3-5-12/h2-9H,1H3,(H,17,19). The number of benzene rings is 1. The Bertz CT molecular complexity index is 744. The van der Waals surface area contributed by atoms with Gasteiger partial charge in [0, 0.05) is 17.3 Å². The van der Waals surface area contributed by atoms with E-state index in [4.69, 9.17) is 4.74 Å². The number of methoxy groups -OCH3 is 1. The van der Waals surface area contributed by atoms with Gasteiger partial charge in [0.1, 0.15) is 17.1 Å². The smallest absolute Gasteiger partial charge is 0.156 e. The highest BCUT2D eigenvalue weighted by atomic mass is 19.1. The Labute approximate surface area is 115 Å². The van der Waals surface area contributed by atoms with Gasteiger partial charge in [-0.3, -0.25) is 0 Å². The Balaban J connectivity index is 2.01. The third kappa shape index (κ3) is 2.38. The van der Waals surface area contributed by atoms with Crippen LogP contribution in [0.5, 0.6) is 5.75 Å². The zero-order chi connectivity index (χ0) is 13.9. The van der Waals surface area contributed by atoms with E-state index >= 15 is 0 Å². The van der Waals surface area contributed by atoms with Crippen molar-refractivity contribution < 1.29 is 9.13 Å². The van der Waals surface area contributed by atoms with Crippen molar-refractivity contribution in [1.82, 2.24) is 9.97 Å². The van der Waals surface area contributed by atoms with Gasteiger partial charge in [-0.2, -0.15) is 0 Å². The normalized spacial score (nSPS) is 10.5. The summed E-state index contributed by atoms with van der Waals surface area (Å²) in [7, 11) is 1.60. The van der Waals surface area contributed by atoms with Crippen molar-refractivity contribution in [2.24, 2.45) is 0 Å². The summed E-state index contributed by atoms with van der Waals surface area (Å²) in [5.74, 6) is 1.04. The summed E-state index contributed by atoms with van der Waals surface area (Å²) in [5, 5.41) is 4.05. The minimum Gasteiger partial charge on any atom is -0.495 e.